The number of hydrogen-bond donors (Lipinski definition) is 1. The zero-order valence-electron chi connectivity index (χ0n) is 13.3. The topological polar surface area (TPSA) is 53.4 Å². The minimum absolute atomic E-state index is 0.0263. The minimum Gasteiger partial charge on any atom is -0.348 e. The molecular weight excluding hydrogens is 297 g/mol. The summed E-state index contributed by atoms with van der Waals surface area (Å²) in [5.41, 5.74) is 1.66. The van der Waals surface area contributed by atoms with Crippen molar-refractivity contribution in [3.8, 4) is 0 Å². The van der Waals surface area contributed by atoms with Crippen LogP contribution in [0.15, 0.2) is 12.1 Å². The van der Waals surface area contributed by atoms with Crippen LogP contribution in [0.1, 0.15) is 17.3 Å². The van der Waals surface area contributed by atoms with Crippen LogP contribution < -0.4 is 10.2 Å². The summed E-state index contributed by atoms with van der Waals surface area (Å²) in [6, 6.07) is 2.70. The van der Waals surface area contributed by atoms with Crippen LogP contribution in [0.3, 0.4) is 0 Å². The Hall–Kier alpha value is -2.15. The monoisotopic (exact) mass is 317 g/mol. The standard InChI is InChI=1S/C16H20FN5O/c1-10-9-22-14-12(15(23)18-10)7-11(17)8-13(14)19-16(22)21-5-3-20(2)4-6-21/h7-8,10H,3-6,9H2,1-2H3,(H,18,23)/t10-/m1/s1. The van der Waals surface area contributed by atoms with Gasteiger partial charge in [0, 0.05) is 44.8 Å². The lowest BCUT2D eigenvalue weighted by molar-refractivity contribution is 0.0942. The molecule has 1 saturated heterocycles. The average molecular weight is 317 g/mol. The van der Waals surface area contributed by atoms with Gasteiger partial charge in [0.15, 0.2) is 0 Å². The maximum absolute atomic E-state index is 13.9. The van der Waals surface area contributed by atoms with E-state index in [1.807, 2.05) is 6.92 Å². The second kappa shape index (κ2) is 5.19. The smallest absolute Gasteiger partial charge is 0.253 e. The number of likely N-dealkylation sites (N-methyl/N-ethyl adjacent to an activating group) is 1. The van der Waals surface area contributed by atoms with Crippen molar-refractivity contribution in [2.75, 3.05) is 38.1 Å². The number of aromatic nitrogens is 2. The number of carbonyl (C=O) groups is 1. The van der Waals surface area contributed by atoms with Gasteiger partial charge < -0.3 is 19.7 Å². The van der Waals surface area contributed by atoms with Crippen LogP contribution in [-0.2, 0) is 6.54 Å². The number of anilines is 1. The molecule has 6 nitrogen and oxygen atoms in total. The summed E-state index contributed by atoms with van der Waals surface area (Å²) in [4.78, 5) is 21.5. The molecule has 2 aliphatic heterocycles. The van der Waals surface area contributed by atoms with E-state index in [2.05, 4.69) is 31.7 Å². The number of nitrogens with one attached hydrogen (secondary N) is 1. The fourth-order valence-corrected chi connectivity index (χ4v) is 3.44. The summed E-state index contributed by atoms with van der Waals surface area (Å²) in [6.45, 7) is 6.30. The Labute approximate surface area is 133 Å². The molecule has 122 valence electrons. The predicted molar refractivity (Wildman–Crippen MR) is 86.3 cm³/mol. The Balaban J connectivity index is 1.89. The maximum Gasteiger partial charge on any atom is 0.253 e. The van der Waals surface area contributed by atoms with E-state index in [0.29, 0.717) is 17.6 Å². The Morgan fingerprint density at radius 3 is 2.74 bits per heavy atom. The molecular formula is C16H20FN5O. The first-order chi connectivity index (χ1) is 11.0. The maximum atomic E-state index is 13.9. The second-order valence-corrected chi connectivity index (χ2v) is 6.51. The SMILES string of the molecule is C[C@@H]1Cn2c(N3CCN(C)CC3)nc3cc(F)cc(c32)C(=O)N1. The molecule has 1 atom stereocenters. The normalized spacial score (nSPS) is 22.3. The summed E-state index contributed by atoms with van der Waals surface area (Å²) in [5, 5.41) is 2.92. The molecule has 1 aromatic carbocycles. The van der Waals surface area contributed by atoms with Crippen molar-refractivity contribution in [3.63, 3.8) is 0 Å². The third-order valence-corrected chi connectivity index (χ3v) is 4.65. The van der Waals surface area contributed by atoms with Crippen molar-refractivity contribution in [3.05, 3.63) is 23.5 Å². The van der Waals surface area contributed by atoms with Gasteiger partial charge in [-0.3, -0.25) is 4.79 Å². The summed E-state index contributed by atoms with van der Waals surface area (Å²) in [7, 11) is 2.10. The lowest BCUT2D eigenvalue weighted by atomic mass is 10.1. The van der Waals surface area contributed by atoms with Crippen molar-refractivity contribution in [2.24, 2.45) is 0 Å². The molecule has 1 fully saturated rings. The number of carbonyl (C=O) groups excluding carboxylic acids is 1. The zero-order valence-corrected chi connectivity index (χ0v) is 13.3. The highest BCUT2D eigenvalue weighted by Gasteiger charge is 2.28. The van der Waals surface area contributed by atoms with Gasteiger partial charge >= 0.3 is 0 Å². The fraction of sp³-hybridized carbons (Fsp3) is 0.500. The van der Waals surface area contributed by atoms with Gasteiger partial charge in [-0.1, -0.05) is 0 Å². The van der Waals surface area contributed by atoms with Crippen molar-refractivity contribution in [1.29, 1.82) is 0 Å². The number of benzene rings is 1. The van der Waals surface area contributed by atoms with Crippen LogP contribution in [0.2, 0.25) is 0 Å². The van der Waals surface area contributed by atoms with Crippen molar-refractivity contribution in [1.82, 2.24) is 19.8 Å². The van der Waals surface area contributed by atoms with Crippen LogP contribution in [0.4, 0.5) is 10.3 Å². The highest BCUT2D eigenvalue weighted by atomic mass is 19.1. The number of piperazine rings is 1. The number of hydrogen-bond acceptors (Lipinski definition) is 4. The second-order valence-electron chi connectivity index (χ2n) is 6.51. The molecule has 1 amide bonds. The summed E-state index contributed by atoms with van der Waals surface area (Å²) >= 11 is 0. The lowest BCUT2D eigenvalue weighted by Gasteiger charge is -2.33. The number of rotatable bonds is 1. The van der Waals surface area contributed by atoms with E-state index in [4.69, 9.17) is 0 Å². The van der Waals surface area contributed by atoms with E-state index < -0.39 is 5.82 Å². The molecule has 1 aromatic heterocycles. The predicted octanol–water partition coefficient (Wildman–Crippen LogP) is 1.06. The third-order valence-electron chi connectivity index (χ3n) is 4.65. The molecule has 1 N–H and O–H groups in total. The van der Waals surface area contributed by atoms with E-state index in [-0.39, 0.29) is 11.9 Å². The molecule has 0 saturated carbocycles. The number of halogens is 1. The molecule has 3 heterocycles. The molecule has 23 heavy (non-hydrogen) atoms. The molecule has 7 heteroatoms. The quantitative estimate of drug-likeness (QED) is 0.854. The third kappa shape index (κ3) is 2.35. The Kier molecular flexibility index (Phi) is 3.26. The van der Waals surface area contributed by atoms with Gasteiger partial charge in [-0.05, 0) is 20.0 Å². The Morgan fingerprint density at radius 1 is 1.26 bits per heavy atom. The Bertz CT molecular complexity index is 778. The number of amides is 1. The van der Waals surface area contributed by atoms with E-state index >= 15 is 0 Å². The van der Waals surface area contributed by atoms with Crippen LogP contribution >= 0.6 is 0 Å². The van der Waals surface area contributed by atoms with Crippen molar-refractivity contribution < 1.29 is 9.18 Å². The zero-order chi connectivity index (χ0) is 16.1. The molecule has 0 spiro atoms. The van der Waals surface area contributed by atoms with E-state index in [1.165, 1.54) is 12.1 Å². The summed E-state index contributed by atoms with van der Waals surface area (Å²) in [5.74, 6) is 0.181. The fourth-order valence-electron chi connectivity index (χ4n) is 3.44. The average Bonchev–Trinajstić information content (AvgIpc) is 2.78. The molecule has 4 rings (SSSR count). The van der Waals surface area contributed by atoms with Gasteiger partial charge in [0.2, 0.25) is 5.95 Å². The Morgan fingerprint density at radius 2 is 2.00 bits per heavy atom. The number of imidazole rings is 1. The lowest BCUT2D eigenvalue weighted by Crippen LogP contribution is -2.45. The highest BCUT2D eigenvalue weighted by Crippen LogP contribution is 2.29. The van der Waals surface area contributed by atoms with E-state index in [9.17, 15) is 9.18 Å². The van der Waals surface area contributed by atoms with Crippen molar-refractivity contribution in [2.45, 2.75) is 19.5 Å². The van der Waals surface area contributed by atoms with Gasteiger partial charge in [0.25, 0.3) is 5.91 Å². The van der Waals surface area contributed by atoms with E-state index in [1.54, 1.807) is 0 Å². The molecule has 2 aliphatic rings. The van der Waals surface area contributed by atoms with Gasteiger partial charge in [-0.25, -0.2) is 9.37 Å². The first-order valence-electron chi connectivity index (χ1n) is 7.97. The van der Waals surface area contributed by atoms with Gasteiger partial charge in [-0.15, -0.1) is 0 Å². The van der Waals surface area contributed by atoms with Crippen LogP contribution in [0.5, 0.6) is 0 Å². The van der Waals surface area contributed by atoms with Crippen LogP contribution in [0.25, 0.3) is 11.0 Å². The van der Waals surface area contributed by atoms with Crippen LogP contribution in [-0.4, -0.2) is 59.6 Å². The van der Waals surface area contributed by atoms with Gasteiger partial charge in [0.05, 0.1) is 16.6 Å². The molecule has 0 radical (unpaired) electrons. The van der Waals surface area contributed by atoms with Gasteiger partial charge in [-0.2, -0.15) is 0 Å². The van der Waals surface area contributed by atoms with E-state index in [0.717, 1.165) is 37.6 Å². The van der Waals surface area contributed by atoms with Crippen LogP contribution in [0, 0.1) is 5.82 Å². The molecule has 0 aliphatic carbocycles. The summed E-state index contributed by atoms with van der Waals surface area (Å²) in [6.07, 6.45) is 0. The first-order valence-corrected chi connectivity index (χ1v) is 7.97. The summed E-state index contributed by atoms with van der Waals surface area (Å²) < 4.78 is 16.0. The number of nitrogens with zero attached hydrogens (tertiary/aromatic N) is 4. The molecule has 0 unspecified atom stereocenters. The van der Waals surface area contributed by atoms with Gasteiger partial charge in [0.1, 0.15) is 5.82 Å². The minimum atomic E-state index is -0.424. The van der Waals surface area contributed by atoms with Crippen molar-refractivity contribution >= 4 is 22.9 Å². The molecule has 2 aromatic rings. The largest absolute Gasteiger partial charge is 0.348 e. The first kappa shape index (κ1) is 14.4. The highest BCUT2D eigenvalue weighted by molar-refractivity contribution is 6.06. The molecule has 0 bridgehead atoms.